The summed E-state index contributed by atoms with van der Waals surface area (Å²) in [6, 6.07) is 14.2. The van der Waals surface area contributed by atoms with E-state index in [-0.39, 0.29) is 5.82 Å². The van der Waals surface area contributed by atoms with Crippen molar-refractivity contribution in [3.05, 3.63) is 65.5 Å². The van der Waals surface area contributed by atoms with E-state index in [1.807, 2.05) is 24.3 Å². The maximum absolute atomic E-state index is 12.7. The Morgan fingerprint density at radius 3 is 2.50 bits per heavy atom. The van der Waals surface area contributed by atoms with E-state index in [4.69, 9.17) is 10.5 Å². The number of rotatable bonds is 5. The molecule has 3 heteroatoms. The maximum atomic E-state index is 12.7. The lowest BCUT2D eigenvalue weighted by atomic mass is 10.1. The van der Waals surface area contributed by atoms with Crippen LogP contribution in [0.25, 0.3) is 0 Å². The molecule has 0 radical (unpaired) electrons. The Morgan fingerprint density at radius 1 is 1.00 bits per heavy atom. The van der Waals surface area contributed by atoms with Gasteiger partial charge in [0, 0.05) is 0 Å². The first kappa shape index (κ1) is 12.6. The Balaban J connectivity index is 1.97. The van der Waals surface area contributed by atoms with Crippen molar-refractivity contribution in [3.63, 3.8) is 0 Å². The molecule has 0 aromatic heterocycles. The van der Waals surface area contributed by atoms with Crippen molar-refractivity contribution in [2.24, 2.45) is 5.73 Å². The summed E-state index contributed by atoms with van der Waals surface area (Å²) in [6.07, 6.45) is 0.841. The number of halogens is 1. The van der Waals surface area contributed by atoms with E-state index in [0.29, 0.717) is 13.2 Å². The molecular formula is C15H16FNO. The van der Waals surface area contributed by atoms with Crippen molar-refractivity contribution < 1.29 is 9.13 Å². The predicted octanol–water partition coefficient (Wildman–Crippen LogP) is 2.91. The molecule has 0 fully saturated rings. The second-order valence-electron chi connectivity index (χ2n) is 4.10. The first-order valence-corrected chi connectivity index (χ1v) is 5.94. The monoisotopic (exact) mass is 245 g/mol. The highest BCUT2D eigenvalue weighted by atomic mass is 19.1. The van der Waals surface area contributed by atoms with Gasteiger partial charge in [0.1, 0.15) is 18.2 Å². The van der Waals surface area contributed by atoms with Crippen LogP contribution in [0.2, 0.25) is 0 Å². The van der Waals surface area contributed by atoms with E-state index in [1.54, 1.807) is 12.1 Å². The summed E-state index contributed by atoms with van der Waals surface area (Å²) in [5.41, 5.74) is 7.62. The molecule has 0 amide bonds. The van der Waals surface area contributed by atoms with Crippen molar-refractivity contribution in [2.45, 2.75) is 13.0 Å². The first-order chi connectivity index (χ1) is 8.78. The first-order valence-electron chi connectivity index (χ1n) is 5.94. The number of ether oxygens (including phenoxy) is 1. The molecule has 0 aliphatic carbocycles. The molecule has 2 N–H and O–H groups in total. The van der Waals surface area contributed by atoms with Gasteiger partial charge in [-0.05, 0) is 48.4 Å². The zero-order chi connectivity index (χ0) is 12.8. The van der Waals surface area contributed by atoms with E-state index >= 15 is 0 Å². The van der Waals surface area contributed by atoms with Crippen LogP contribution in [0.3, 0.4) is 0 Å². The Kier molecular flexibility index (Phi) is 4.31. The Morgan fingerprint density at radius 2 is 1.78 bits per heavy atom. The van der Waals surface area contributed by atoms with Crippen molar-refractivity contribution >= 4 is 0 Å². The van der Waals surface area contributed by atoms with Crippen molar-refractivity contribution in [2.75, 3.05) is 6.54 Å². The average Bonchev–Trinajstić information content (AvgIpc) is 2.39. The minimum atomic E-state index is -0.233. The minimum Gasteiger partial charge on any atom is -0.489 e. The van der Waals surface area contributed by atoms with Gasteiger partial charge in [0.15, 0.2) is 0 Å². The van der Waals surface area contributed by atoms with Gasteiger partial charge >= 0.3 is 0 Å². The van der Waals surface area contributed by atoms with Crippen LogP contribution in [0.1, 0.15) is 11.1 Å². The van der Waals surface area contributed by atoms with E-state index in [2.05, 4.69) is 0 Å². The van der Waals surface area contributed by atoms with Crippen LogP contribution in [0.4, 0.5) is 4.39 Å². The van der Waals surface area contributed by atoms with Gasteiger partial charge in [-0.25, -0.2) is 4.39 Å². The lowest BCUT2D eigenvalue weighted by Gasteiger charge is -2.08. The molecule has 18 heavy (non-hydrogen) atoms. The van der Waals surface area contributed by atoms with Crippen molar-refractivity contribution in [3.8, 4) is 5.75 Å². The third-order valence-electron chi connectivity index (χ3n) is 2.65. The molecular weight excluding hydrogens is 229 g/mol. The number of hydrogen-bond donors (Lipinski definition) is 1. The molecule has 0 heterocycles. The number of benzene rings is 2. The normalized spacial score (nSPS) is 10.3. The van der Waals surface area contributed by atoms with Gasteiger partial charge < -0.3 is 10.5 Å². The lowest BCUT2D eigenvalue weighted by molar-refractivity contribution is 0.306. The van der Waals surface area contributed by atoms with Crippen molar-refractivity contribution in [1.29, 1.82) is 0 Å². The van der Waals surface area contributed by atoms with Gasteiger partial charge in [0.2, 0.25) is 0 Å². The molecule has 94 valence electrons. The Bertz CT molecular complexity index is 496. The van der Waals surface area contributed by atoms with E-state index in [0.717, 1.165) is 23.3 Å². The summed E-state index contributed by atoms with van der Waals surface area (Å²) in [7, 11) is 0. The fraction of sp³-hybridized carbons (Fsp3) is 0.200. The molecule has 0 bridgehead atoms. The van der Waals surface area contributed by atoms with Gasteiger partial charge in [-0.1, -0.05) is 24.3 Å². The lowest BCUT2D eigenvalue weighted by Crippen LogP contribution is -2.03. The van der Waals surface area contributed by atoms with Gasteiger partial charge in [-0.15, -0.1) is 0 Å². The number of hydrogen-bond acceptors (Lipinski definition) is 2. The fourth-order valence-electron chi connectivity index (χ4n) is 1.70. The summed E-state index contributed by atoms with van der Waals surface area (Å²) in [6.45, 7) is 1.06. The summed E-state index contributed by atoms with van der Waals surface area (Å²) in [5, 5.41) is 0. The molecule has 0 atom stereocenters. The van der Waals surface area contributed by atoms with Crippen LogP contribution < -0.4 is 10.5 Å². The highest BCUT2D eigenvalue weighted by molar-refractivity contribution is 5.29. The second-order valence-corrected chi connectivity index (χ2v) is 4.10. The SMILES string of the molecule is NCCc1cccc(OCc2ccc(F)cc2)c1. The maximum Gasteiger partial charge on any atom is 0.123 e. The van der Waals surface area contributed by atoms with Crippen LogP contribution >= 0.6 is 0 Å². The largest absolute Gasteiger partial charge is 0.489 e. The highest BCUT2D eigenvalue weighted by Gasteiger charge is 1.98. The molecule has 0 saturated carbocycles. The van der Waals surface area contributed by atoms with E-state index < -0.39 is 0 Å². The van der Waals surface area contributed by atoms with Gasteiger partial charge in [0.05, 0.1) is 0 Å². The number of nitrogens with two attached hydrogens (primary N) is 1. The summed E-state index contributed by atoms with van der Waals surface area (Å²) in [5.74, 6) is 0.578. The zero-order valence-corrected chi connectivity index (χ0v) is 10.1. The van der Waals surface area contributed by atoms with E-state index in [9.17, 15) is 4.39 Å². The summed E-state index contributed by atoms with van der Waals surface area (Å²) in [4.78, 5) is 0. The molecule has 2 aromatic carbocycles. The van der Waals surface area contributed by atoms with Crippen LogP contribution in [0, 0.1) is 5.82 Å². The minimum absolute atomic E-state index is 0.233. The molecule has 0 unspecified atom stereocenters. The predicted molar refractivity (Wildman–Crippen MR) is 69.9 cm³/mol. The molecule has 0 aliphatic heterocycles. The molecule has 2 aromatic rings. The van der Waals surface area contributed by atoms with Gasteiger partial charge in [-0.3, -0.25) is 0 Å². The van der Waals surface area contributed by atoms with Gasteiger partial charge in [0.25, 0.3) is 0 Å². The summed E-state index contributed by atoms with van der Waals surface area (Å²) < 4.78 is 18.4. The molecule has 0 spiro atoms. The third kappa shape index (κ3) is 3.57. The van der Waals surface area contributed by atoms with Crippen LogP contribution in [0.15, 0.2) is 48.5 Å². The second kappa shape index (κ2) is 6.17. The van der Waals surface area contributed by atoms with Crippen molar-refractivity contribution in [1.82, 2.24) is 0 Å². The van der Waals surface area contributed by atoms with Crippen LogP contribution in [-0.4, -0.2) is 6.54 Å². The standard InChI is InChI=1S/C15H16FNO/c16-14-6-4-13(5-7-14)11-18-15-3-1-2-12(10-15)8-9-17/h1-7,10H,8-9,11,17H2. The molecule has 2 rings (SSSR count). The average molecular weight is 245 g/mol. The Hall–Kier alpha value is -1.87. The quantitative estimate of drug-likeness (QED) is 0.879. The molecule has 2 nitrogen and oxygen atoms in total. The molecule has 0 aliphatic rings. The highest BCUT2D eigenvalue weighted by Crippen LogP contribution is 2.15. The van der Waals surface area contributed by atoms with Gasteiger partial charge in [-0.2, -0.15) is 0 Å². The third-order valence-corrected chi connectivity index (χ3v) is 2.65. The van der Waals surface area contributed by atoms with Crippen LogP contribution in [-0.2, 0) is 13.0 Å². The molecule has 0 saturated heterocycles. The van der Waals surface area contributed by atoms with Crippen LogP contribution in [0.5, 0.6) is 5.75 Å². The zero-order valence-electron chi connectivity index (χ0n) is 10.1. The van der Waals surface area contributed by atoms with E-state index in [1.165, 1.54) is 12.1 Å². The topological polar surface area (TPSA) is 35.2 Å². The Labute approximate surface area is 106 Å². The fourth-order valence-corrected chi connectivity index (χ4v) is 1.70. The smallest absolute Gasteiger partial charge is 0.123 e. The summed E-state index contributed by atoms with van der Waals surface area (Å²) >= 11 is 0.